The zero-order chi connectivity index (χ0) is 32.3. The molecule has 3 N–H and O–H groups in total. The molecule has 0 saturated carbocycles. The Kier molecular flexibility index (Phi) is 8.33. The highest BCUT2D eigenvalue weighted by Crippen LogP contribution is 2.32. The number of rotatable bonds is 7. The minimum absolute atomic E-state index is 0.145. The van der Waals surface area contributed by atoms with Gasteiger partial charge in [0.25, 0.3) is 0 Å². The normalized spacial score (nSPS) is 16.3. The quantitative estimate of drug-likeness (QED) is 0.272. The molecular formula is C34H36N12O. The van der Waals surface area contributed by atoms with Gasteiger partial charge < -0.3 is 20.9 Å². The van der Waals surface area contributed by atoms with E-state index in [4.69, 9.17) is 21.0 Å². The van der Waals surface area contributed by atoms with Gasteiger partial charge >= 0.3 is 0 Å². The summed E-state index contributed by atoms with van der Waals surface area (Å²) < 4.78 is 2.05. The smallest absolute Gasteiger partial charge is 0.224 e. The molecule has 2 aliphatic heterocycles. The minimum atomic E-state index is 0.145. The highest BCUT2D eigenvalue weighted by molar-refractivity contribution is 5.84. The molecule has 4 aromatic heterocycles. The molecule has 47 heavy (non-hydrogen) atoms. The summed E-state index contributed by atoms with van der Waals surface area (Å²) in [5, 5.41) is 12.6. The van der Waals surface area contributed by atoms with E-state index >= 15 is 0 Å². The maximum absolute atomic E-state index is 12.3. The van der Waals surface area contributed by atoms with Gasteiger partial charge in [0.2, 0.25) is 5.91 Å². The number of likely N-dealkylation sites (tertiary alicyclic amines) is 1. The van der Waals surface area contributed by atoms with Crippen molar-refractivity contribution in [3.8, 4) is 23.1 Å². The molecule has 1 aromatic carbocycles. The van der Waals surface area contributed by atoms with Gasteiger partial charge in [0.05, 0.1) is 5.56 Å². The van der Waals surface area contributed by atoms with E-state index in [1.165, 1.54) is 11.9 Å². The molecule has 1 amide bonds. The fourth-order valence-corrected chi connectivity index (χ4v) is 6.26. The average Bonchev–Trinajstić information content (AvgIpc) is 3.39. The molecule has 2 aliphatic rings. The number of amides is 1. The lowest BCUT2D eigenvalue weighted by molar-refractivity contribution is -0.129. The van der Waals surface area contributed by atoms with Crippen molar-refractivity contribution in [2.45, 2.75) is 31.8 Å². The molecule has 13 heteroatoms. The summed E-state index contributed by atoms with van der Waals surface area (Å²) >= 11 is 0. The highest BCUT2D eigenvalue weighted by Gasteiger charge is 2.23. The molecule has 0 radical (unpaired) electrons. The third-order valence-corrected chi connectivity index (χ3v) is 8.94. The van der Waals surface area contributed by atoms with E-state index in [9.17, 15) is 4.79 Å². The van der Waals surface area contributed by atoms with Crippen LogP contribution in [0.1, 0.15) is 30.5 Å². The van der Waals surface area contributed by atoms with Gasteiger partial charge in [-0.1, -0.05) is 12.1 Å². The number of nitrogens with one attached hydrogen (secondary N) is 1. The Morgan fingerprint density at radius 3 is 2.60 bits per heavy atom. The number of likely N-dealkylation sites (N-methyl/N-ethyl adjacent to an activating group) is 1. The third kappa shape index (κ3) is 6.41. The van der Waals surface area contributed by atoms with Crippen LogP contribution in [0.2, 0.25) is 0 Å². The van der Waals surface area contributed by atoms with Crippen LogP contribution in [0.25, 0.3) is 28.2 Å². The van der Waals surface area contributed by atoms with Crippen LogP contribution < -0.4 is 16.0 Å². The molecule has 7 rings (SSSR count). The van der Waals surface area contributed by atoms with Gasteiger partial charge in [-0.05, 0) is 54.8 Å². The molecule has 6 heterocycles. The summed E-state index contributed by atoms with van der Waals surface area (Å²) in [6.07, 6.45) is 5.52. The summed E-state index contributed by atoms with van der Waals surface area (Å²) in [7, 11) is 1.85. The number of aromatic nitrogens is 6. The molecule has 238 valence electrons. The van der Waals surface area contributed by atoms with E-state index in [0.717, 1.165) is 60.7 Å². The number of carbonyl (C=O) groups excluding carboxylic acids is 1. The lowest BCUT2D eigenvalue weighted by atomic mass is 10.0. The Hall–Kier alpha value is -5.61. The van der Waals surface area contributed by atoms with Crippen LogP contribution in [-0.4, -0.2) is 91.0 Å². The number of nitrogens with two attached hydrogens (primary N) is 1. The van der Waals surface area contributed by atoms with Crippen LogP contribution in [0.5, 0.6) is 0 Å². The second kappa shape index (κ2) is 13.0. The first-order chi connectivity index (χ1) is 22.9. The second-order valence-electron chi connectivity index (χ2n) is 12.0. The Bertz CT molecular complexity index is 1940. The molecule has 5 aromatic rings. The number of nitriles is 1. The van der Waals surface area contributed by atoms with Gasteiger partial charge in [-0.25, -0.2) is 24.9 Å². The molecule has 0 aliphatic carbocycles. The molecule has 2 saturated heterocycles. The zero-order valence-electron chi connectivity index (χ0n) is 26.2. The van der Waals surface area contributed by atoms with Crippen molar-refractivity contribution in [3.05, 3.63) is 78.4 Å². The largest absolute Gasteiger partial charge is 0.383 e. The maximum Gasteiger partial charge on any atom is 0.224 e. The Morgan fingerprint density at radius 1 is 0.979 bits per heavy atom. The Balaban J connectivity index is 1.12. The predicted octanol–water partition coefficient (Wildman–Crippen LogP) is 3.47. The van der Waals surface area contributed by atoms with Crippen molar-refractivity contribution in [3.63, 3.8) is 0 Å². The third-order valence-electron chi connectivity index (χ3n) is 8.94. The Morgan fingerprint density at radius 2 is 1.81 bits per heavy atom. The summed E-state index contributed by atoms with van der Waals surface area (Å²) in [5.41, 5.74) is 11.1. The number of benzene rings is 1. The molecule has 13 nitrogen and oxygen atoms in total. The van der Waals surface area contributed by atoms with Crippen molar-refractivity contribution >= 4 is 34.5 Å². The van der Waals surface area contributed by atoms with E-state index in [1.807, 2.05) is 35.9 Å². The number of piperidine rings is 1. The monoisotopic (exact) mass is 628 g/mol. The maximum atomic E-state index is 12.3. The van der Waals surface area contributed by atoms with Crippen LogP contribution in [0.3, 0.4) is 0 Å². The van der Waals surface area contributed by atoms with Gasteiger partial charge in [0.15, 0.2) is 11.5 Å². The fourth-order valence-electron chi connectivity index (χ4n) is 6.26. The van der Waals surface area contributed by atoms with E-state index in [2.05, 4.69) is 60.4 Å². The van der Waals surface area contributed by atoms with Crippen LogP contribution in [0, 0.1) is 11.3 Å². The standard InChI is InChI=1S/C34H36N12O/c1-43-17-18-45(16-12-31(43)47)30-9-8-28-34(42-30)46(33(41-28)27-3-2-13-37-32(27)36)26-6-4-23(5-7-26)21-44-14-10-24(11-15-44)40-29-19-25(20-35)38-22-39-29/h2-9,13,19,22,24H,10-12,14-18,21H2,1H3,(H2,36,37)(H,38,39,40). The number of nitrogen functional groups attached to an aromatic ring is 1. The van der Waals surface area contributed by atoms with Gasteiger partial charge in [-0.2, -0.15) is 5.26 Å². The first-order valence-corrected chi connectivity index (χ1v) is 15.8. The fraction of sp³-hybridized carbons (Fsp3) is 0.324. The zero-order valence-corrected chi connectivity index (χ0v) is 26.2. The van der Waals surface area contributed by atoms with Crippen molar-refractivity contribution < 1.29 is 4.79 Å². The average molecular weight is 629 g/mol. The Labute approximate surface area is 272 Å². The van der Waals surface area contributed by atoms with Crippen LogP contribution >= 0.6 is 0 Å². The van der Waals surface area contributed by atoms with Gasteiger partial charge in [0.1, 0.15) is 41.1 Å². The number of hydrogen-bond donors (Lipinski definition) is 2. The molecular weight excluding hydrogens is 592 g/mol. The molecule has 0 spiro atoms. The number of hydrogen-bond acceptors (Lipinski definition) is 11. The molecule has 2 fully saturated rings. The second-order valence-corrected chi connectivity index (χ2v) is 12.0. The number of nitrogens with zero attached hydrogens (tertiary/aromatic N) is 10. The van der Waals surface area contributed by atoms with Crippen molar-refractivity contribution in [1.29, 1.82) is 5.26 Å². The lowest BCUT2D eigenvalue weighted by Gasteiger charge is -2.32. The van der Waals surface area contributed by atoms with Crippen molar-refractivity contribution in [1.82, 2.24) is 39.3 Å². The van der Waals surface area contributed by atoms with Crippen LogP contribution in [0.15, 0.2) is 67.1 Å². The number of carbonyl (C=O) groups is 1. The van der Waals surface area contributed by atoms with E-state index in [-0.39, 0.29) is 5.91 Å². The summed E-state index contributed by atoms with van der Waals surface area (Å²) in [6.45, 7) is 4.73. The van der Waals surface area contributed by atoms with E-state index in [1.54, 1.807) is 17.2 Å². The predicted molar refractivity (Wildman–Crippen MR) is 180 cm³/mol. The number of pyridine rings is 2. The van der Waals surface area contributed by atoms with Gasteiger partial charge in [0, 0.05) is 76.7 Å². The topological polar surface area (TPSA) is 158 Å². The number of imidazole rings is 1. The van der Waals surface area contributed by atoms with Gasteiger partial charge in [-0.3, -0.25) is 14.3 Å². The first-order valence-electron chi connectivity index (χ1n) is 15.8. The van der Waals surface area contributed by atoms with E-state index < -0.39 is 0 Å². The highest BCUT2D eigenvalue weighted by atomic mass is 16.2. The summed E-state index contributed by atoms with van der Waals surface area (Å²) in [5.74, 6) is 2.73. The number of fused-ring (bicyclic) bond motifs is 1. The van der Waals surface area contributed by atoms with Crippen LogP contribution in [0.4, 0.5) is 17.5 Å². The molecule has 0 bridgehead atoms. The van der Waals surface area contributed by atoms with E-state index in [0.29, 0.717) is 55.3 Å². The summed E-state index contributed by atoms with van der Waals surface area (Å²) in [6, 6.07) is 20.3. The van der Waals surface area contributed by atoms with Gasteiger partial charge in [-0.15, -0.1) is 0 Å². The van der Waals surface area contributed by atoms with Crippen molar-refractivity contribution in [2.24, 2.45) is 0 Å². The summed E-state index contributed by atoms with van der Waals surface area (Å²) in [4.78, 5) is 41.3. The van der Waals surface area contributed by atoms with Crippen LogP contribution in [-0.2, 0) is 11.3 Å². The first kappa shape index (κ1) is 30.1. The SMILES string of the molecule is CN1CCN(c2ccc3nc(-c4cccnc4N)n(-c4ccc(CN5CCC(Nc6cc(C#N)ncn6)CC5)cc4)c3n2)CCC1=O. The number of anilines is 3. The molecule has 0 unspecified atom stereocenters. The lowest BCUT2D eigenvalue weighted by Crippen LogP contribution is -2.38. The minimum Gasteiger partial charge on any atom is -0.383 e. The molecule has 0 atom stereocenters. The van der Waals surface area contributed by atoms with Crippen molar-refractivity contribution in [2.75, 3.05) is 55.7 Å².